The fraction of sp³-hybridized carbons (Fsp3) is 0.726. The maximum Gasteiger partial charge on any atom is 0.325 e. The molecule has 1 aromatic carbocycles. The van der Waals surface area contributed by atoms with E-state index in [0.717, 1.165) is 6.92 Å². The van der Waals surface area contributed by atoms with Gasteiger partial charge in [-0.1, -0.05) is 67.5 Å². The van der Waals surface area contributed by atoms with E-state index in [9.17, 15) is 93.6 Å². The molecule has 96 heavy (non-hydrogen) atoms. The van der Waals surface area contributed by atoms with Gasteiger partial charge in [-0.05, 0) is 94.7 Å². The Balaban J connectivity index is 1.54. The van der Waals surface area contributed by atoms with Crippen molar-refractivity contribution in [2.24, 2.45) is 29.4 Å². The first-order valence-electron chi connectivity index (χ1n) is 32.2. The zero-order valence-corrected chi connectivity index (χ0v) is 56.4. The van der Waals surface area contributed by atoms with Crippen molar-refractivity contribution in [1.82, 2.24) is 52.8 Å². The van der Waals surface area contributed by atoms with Crippen LogP contribution in [-0.4, -0.2) is 258 Å². The molecule has 19 N–H and O–H groups in total. The van der Waals surface area contributed by atoms with Crippen molar-refractivity contribution in [2.75, 3.05) is 19.8 Å². The Kier molecular flexibility index (Phi) is 31.2. The molecular weight excluding hydrogens is 1270 g/mol. The standard InChI is InChI=1S/C62H101N11O23/c1-25(2)21-37(59(90)73-20-14-15-38(73)54(85)65-29(9)51(82)64-30(10)52(83)69-42(27(5)6)56(87)71-43(28(7)8)57(88)70-41(26(3)4)55(86)66-31(11)60(91)92)68-58(89)44(72-53(84)36(63)22-34-16-18-35(77)19-17-34)32(12)93-61-45(67-33(13)76)50(47(79)40(24-75)94-61)96-62-49(81)48(80)46(78)39(23-74)95-62/h16-19,25-32,36-50,61-62,74-75,77-81H,14-15,20-24,63H2,1-13H3,(H,64,82)(H,65,85)(H,66,86)(H,67,76)(H,68,89)(H,69,83)(H,70,88)(H,71,87)(H,72,84)(H,91,92)/t29?,30-,31-,32?,36?,37?,38-,39?,40?,41?,42?,43-,44-,45?,46-,47-,48?,49-,50+,61-,62-/m0/s1. The summed E-state index contributed by atoms with van der Waals surface area (Å²) in [5.41, 5.74) is 6.89. The lowest BCUT2D eigenvalue weighted by Gasteiger charge is -2.48. The molecule has 34 nitrogen and oxygen atoms in total. The van der Waals surface area contributed by atoms with E-state index < -0.39 is 224 Å². The topological polar surface area (TPSA) is 524 Å². The van der Waals surface area contributed by atoms with E-state index in [1.54, 1.807) is 55.4 Å². The summed E-state index contributed by atoms with van der Waals surface area (Å²) in [7, 11) is 0. The van der Waals surface area contributed by atoms with Crippen molar-refractivity contribution in [3.63, 3.8) is 0 Å². The van der Waals surface area contributed by atoms with Gasteiger partial charge in [-0.3, -0.25) is 52.7 Å². The van der Waals surface area contributed by atoms with E-state index in [1.165, 1.54) is 56.9 Å². The number of aliphatic hydroxyl groups excluding tert-OH is 6. The first kappa shape index (κ1) is 81.2. The number of phenols is 1. The number of benzene rings is 1. The quantitative estimate of drug-likeness (QED) is 0.0312. The Morgan fingerprint density at radius 3 is 1.56 bits per heavy atom. The molecule has 0 aliphatic carbocycles. The zero-order chi connectivity index (χ0) is 72.5. The molecule has 10 amide bonds. The molecular formula is C62H101N11O23. The molecule has 0 saturated carbocycles. The van der Waals surface area contributed by atoms with Gasteiger partial charge in [0.25, 0.3) is 0 Å². The smallest absolute Gasteiger partial charge is 0.325 e. The van der Waals surface area contributed by atoms with Crippen molar-refractivity contribution >= 4 is 65.0 Å². The van der Waals surface area contributed by atoms with E-state index in [2.05, 4.69) is 47.9 Å². The number of likely N-dealkylation sites (tertiary alicyclic amines) is 1. The molecule has 0 aromatic heterocycles. The Hall–Kier alpha value is -7.25. The van der Waals surface area contributed by atoms with Crippen molar-refractivity contribution < 1.29 is 113 Å². The highest BCUT2D eigenvalue weighted by atomic mass is 16.7. The SMILES string of the molecule is CC(=O)NC1[C@@H](OC(C)[C@H](NC(=O)C(N)Cc2ccc(O)cc2)C(=O)NC(CC(C)C)C(=O)N2CCC[C@H]2C(=O)NC(C)C(=O)N[C@@H](C)C(=O)NC(C(=O)N[C@H](C(=O)NC(C(=O)N[C@@H](C)C(=O)O)C(C)C)C(C)C)C(C)C)OC(CO)[C@H](O)[C@@H]1O[C@@H]1OC(CO)[C@H](O)C(O)[C@@H]1O. The van der Waals surface area contributed by atoms with E-state index >= 15 is 0 Å². The van der Waals surface area contributed by atoms with Gasteiger partial charge in [0.2, 0.25) is 59.1 Å². The van der Waals surface area contributed by atoms with E-state index in [-0.39, 0.29) is 37.5 Å². The van der Waals surface area contributed by atoms with Gasteiger partial charge in [-0.15, -0.1) is 0 Å². The highest BCUT2D eigenvalue weighted by Crippen LogP contribution is 2.31. The van der Waals surface area contributed by atoms with E-state index in [0.29, 0.717) is 12.0 Å². The molecule has 0 spiro atoms. The lowest BCUT2D eigenvalue weighted by atomic mass is 9.95. The lowest BCUT2D eigenvalue weighted by molar-refractivity contribution is -0.347. The minimum absolute atomic E-state index is 0.00942. The number of aliphatic hydroxyl groups is 6. The molecule has 3 fully saturated rings. The summed E-state index contributed by atoms with van der Waals surface area (Å²) in [5.74, 6) is -11.5. The molecule has 0 radical (unpaired) electrons. The summed E-state index contributed by atoms with van der Waals surface area (Å²) < 4.78 is 23.7. The Morgan fingerprint density at radius 2 is 1.05 bits per heavy atom. The number of rotatable bonds is 33. The number of carboxylic acids is 1. The Labute approximate surface area is 556 Å². The number of nitrogens with zero attached hydrogens (tertiary/aromatic N) is 1. The summed E-state index contributed by atoms with van der Waals surface area (Å²) in [6, 6.07) is -9.21. The molecule has 10 unspecified atom stereocenters. The average molecular weight is 1370 g/mol. The summed E-state index contributed by atoms with van der Waals surface area (Å²) in [6.45, 7) is 17.8. The van der Waals surface area contributed by atoms with Crippen LogP contribution in [0.5, 0.6) is 5.75 Å². The molecule has 34 heteroatoms. The molecule has 1 aromatic rings. The van der Waals surface area contributed by atoms with Gasteiger partial charge < -0.3 is 118 Å². The highest BCUT2D eigenvalue weighted by molar-refractivity contribution is 5.99. The molecule has 4 rings (SSSR count). The second-order valence-electron chi connectivity index (χ2n) is 26.1. The molecule has 3 aliphatic rings. The second-order valence-corrected chi connectivity index (χ2v) is 26.1. The fourth-order valence-corrected chi connectivity index (χ4v) is 11.0. The van der Waals surface area contributed by atoms with Crippen LogP contribution in [-0.2, 0) is 78.1 Å². The largest absolute Gasteiger partial charge is 0.508 e. The molecule has 0 bridgehead atoms. The number of nitrogens with one attached hydrogen (secondary N) is 9. The molecule has 542 valence electrons. The number of nitrogens with two attached hydrogens (primary N) is 1. The summed E-state index contributed by atoms with van der Waals surface area (Å²) >= 11 is 0. The van der Waals surface area contributed by atoms with E-state index in [4.69, 9.17) is 24.7 Å². The highest BCUT2D eigenvalue weighted by Gasteiger charge is 2.53. The van der Waals surface area contributed by atoms with Gasteiger partial charge in [0, 0.05) is 13.5 Å². The molecule has 21 atom stereocenters. The minimum atomic E-state index is -2.00. The Morgan fingerprint density at radius 1 is 0.583 bits per heavy atom. The lowest BCUT2D eigenvalue weighted by Crippen LogP contribution is -2.69. The number of hydrogen-bond donors (Lipinski definition) is 18. The predicted octanol–water partition coefficient (Wildman–Crippen LogP) is -5.54. The zero-order valence-electron chi connectivity index (χ0n) is 56.4. The number of amides is 10. The van der Waals surface area contributed by atoms with Gasteiger partial charge in [-0.2, -0.15) is 0 Å². The number of phenolic OH excluding ortho intramolecular Hbond substituents is 1. The fourth-order valence-electron chi connectivity index (χ4n) is 11.0. The number of aliphatic carboxylic acids is 1. The van der Waals surface area contributed by atoms with Crippen LogP contribution in [0.1, 0.15) is 115 Å². The monoisotopic (exact) mass is 1370 g/mol. The maximum absolute atomic E-state index is 14.9. The Bertz CT molecular complexity index is 2830. The van der Waals surface area contributed by atoms with Gasteiger partial charge in [0.1, 0.15) is 109 Å². The van der Waals surface area contributed by atoms with Crippen LogP contribution in [0.2, 0.25) is 0 Å². The third kappa shape index (κ3) is 22.4. The maximum atomic E-state index is 14.9. The predicted molar refractivity (Wildman–Crippen MR) is 337 cm³/mol. The number of carbonyl (C=O) groups excluding carboxylic acids is 10. The van der Waals surface area contributed by atoms with Crippen molar-refractivity contribution in [3.05, 3.63) is 29.8 Å². The van der Waals surface area contributed by atoms with Crippen LogP contribution in [0, 0.1) is 23.7 Å². The van der Waals surface area contributed by atoms with Crippen LogP contribution >= 0.6 is 0 Å². The summed E-state index contributed by atoms with van der Waals surface area (Å²) in [4.78, 5) is 151. The van der Waals surface area contributed by atoms with Crippen molar-refractivity contribution in [2.45, 2.75) is 244 Å². The number of ether oxygens (including phenoxy) is 4. The van der Waals surface area contributed by atoms with Gasteiger partial charge in [0.05, 0.1) is 25.4 Å². The number of carboxylic acid groups (broad SMARTS) is 1. The van der Waals surface area contributed by atoms with Gasteiger partial charge >= 0.3 is 5.97 Å². The normalized spacial score (nSPS) is 25.9. The van der Waals surface area contributed by atoms with Crippen LogP contribution in [0.4, 0.5) is 0 Å². The second kappa shape index (κ2) is 36.9. The molecule has 3 saturated heterocycles. The van der Waals surface area contributed by atoms with Crippen molar-refractivity contribution in [3.8, 4) is 5.75 Å². The molecule has 3 aliphatic heterocycles. The number of carbonyl (C=O) groups is 11. The van der Waals surface area contributed by atoms with Crippen LogP contribution in [0.15, 0.2) is 24.3 Å². The van der Waals surface area contributed by atoms with Gasteiger partial charge in [-0.25, -0.2) is 0 Å². The minimum Gasteiger partial charge on any atom is -0.508 e. The van der Waals surface area contributed by atoms with E-state index in [1.807, 2.05) is 0 Å². The van der Waals surface area contributed by atoms with Crippen LogP contribution in [0.25, 0.3) is 0 Å². The van der Waals surface area contributed by atoms with Crippen LogP contribution < -0.4 is 53.6 Å². The number of hydrogen-bond acceptors (Lipinski definition) is 23. The third-order valence-electron chi connectivity index (χ3n) is 16.6. The number of aromatic hydroxyl groups is 1. The third-order valence-corrected chi connectivity index (χ3v) is 16.6. The average Bonchev–Trinajstić information content (AvgIpc) is 0.862. The molecule has 3 heterocycles. The van der Waals surface area contributed by atoms with Crippen LogP contribution in [0.3, 0.4) is 0 Å². The summed E-state index contributed by atoms with van der Waals surface area (Å²) in [6.07, 6.45) is -17.5. The first-order chi connectivity index (χ1) is 44.8. The summed E-state index contributed by atoms with van der Waals surface area (Å²) in [5, 5.41) is 106. The van der Waals surface area contributed by atoms with Gasteiger partial charge in [0.15, 0.2) is 12.6 Å². The first-order valence-corrected chi connectivity index (χ1v) is 32.2. The van der Waals surface area contributed by atoms with Crippen molar-refractivity contribution in [1.29, 1.82) is 0 Å².